The van der Waals surface area contributed by atoms with Crippen LogP contribution < -0.4 is 5.09 Å². The lowest BCUT2D eigenvalue weighted by molar-refractivity contribution is -0.345. The minimum Gasteiger partial charge on any atom is -0.327 e. The summed E-state index contributed by atoms with van der Waals surface area (Å²) in [5.41, 5.74) is -16.8. The maximum Gasteiger partial charge on any atom is 0.460 e. The Bertz CT molecular complexity index is 774. The van der Waals surface area contributed by atoms with Crippen LogP contribution in [0, 0.1) is 0 Å². The minimum absolute atomic E-state index is 0.0114. The molecule has 0 heterocycles. The van der Waals surface area contributed by atoms with Crippen LogP contribution in [0.1, 0.15) is 0 Å². The topological polar surface area (TPSA) is 29.1 Å². The molecule has 0 radical (unpaired) electrons. The van der Waals surface area contributed by atoms with Crippen LogP contribution in [0.4, 0.5) is 67.2 Å². The van der Waals surface area contributed by atoms with Crippen LogP contribution in [0.5, 0.6) is 0 Å². The molecule has 1 rings (SSSR count). The normalized spacial score (nSPS) is 15.3. The van der Waals surface area contributed by atoms with Gasteiger partial charge >= 0.3 is 42.8 Å². The summed E-state index contributed by atoms with van der Waals surface area (Å²) < 4.78 is 195. The third-order valence-corrected chi connectivity index (χ3v) is 6.63. The molecule has 0 fully saturated rings. The Balaban J connectivity index is 3.89. The molecule has 0 aromatic heterocycles. The van der Waals surface area contributed by atoms with Crippen molar-refractivity contribution in [3.05, 3.63) is 28.7 Å². The molecule has 0 atom stereocenters. The van der Waals surface area contributed by atoms with E-state index in [2.05, 4.69) is 15.9 Å². The molecule has 0 unspecified atom stereocenters. The lowest BCUT2D eigenvalue weighted by Gasteiger charge is -2.40. The Labute approximate surface area is 165 Å². The number of alkyl halides is 14. The molecule has 0 amide bonds. The zero-order valence-corrected chi connectivity index (χ0v) is 15.8. The van der Waals surface area contributed by atoms with E-state index in [4.69, 9.17) is 0 Å². The maximum atomic E-state index is 13.9. The molecular formula is C12H5BrF14NOP. The molecule has 0 aliphatic carbocycles. The zero-order chi connectivity index (χ0) is 24.2. The van der Waals surface area contributed by atoms with Gasteiger partial charge in [-0.3, -0.25) is 4.57 Å². The van der Waals surface area contributed by atoms with E-state index >= 15 is 0 Å². The number of benzene rings is 1. The first-order valence-electron chi connectivity index (χ1n) is 6.76. The monoisotopic (exact) mass is 555 g/mol. The van der Waals surface area contributed by atoms with E-state index in [9.17, 15) is 66.0 Å². The van der Waals surface area contributed by atoms with E-state index in [1.165, 1.54) is 0 Å². The van der Waals surface area contributed by atoms with E-state index in [0.717, 1.165) is 0 Å². The average molecular weight is 556 g/mol. The second-order valence-corrected chi connectivity index (χ2v) is 8.94. The molecule has 1 N–H and O–H groups in total. The van der Waals surface area contributed by atoms with Gasteiger partial charge in [-0.2, -0.15) is 61.5 Å². The highest BCUT2D eigenvalue weighted by molar-refractivity contribution is 9.10. The van der Waals surface area contributed by atoms with Crippen molar-refractivity contribution in [3.63, 3.8) is 0 Å². The van der Waals surface area contributed by atoms with Crippen LogP contribution in [0.2, 0.25) is 0 Å². The fourth-order valence-corrected chi connectivity index (χ4v) is 4.21. The van der Waals surface area contributed by atoms with E-state index in [1.54, 1.807) is 0 Å². The molecule has 0 spiro atoms. The predicted molar refractivity (Wildman–Crippen MR) is 77.3 cm³/mol. The Morgan fingerprint density at radius 2 is 0.933 bits per heavy atom. The first-order valence-corrected chi connectivity index (χ1v) is 9.26. The van der Waals surface area contributed by atoms with Crippen molar-refractivity contribution in [2.75, 3.05) is 5.09 Å². The summed E-state index contributed by atoms with van der Waals surface area (Å²) in [4.78, 5) is 0. The summed E-state index contributed by atoms with van der Waals surface area (Å²) in [7, 11) is -8.67. The third kappa shape index (κ3) is 3.86. The van der Waals surface area contributed by atoms with Gasteiger partial charge in [0.1, 0.15) is 0 Å². The number of halogens is 15. The average Bonchev–Trinajstić information content (AvgIpc) is 2.54. The van der Waals surface area contributed by atoms with Crippen molar-refractivity contribution in [1.29, 1.82) is 0 Å². The predicted octanol–water partition coefficient (Wildman–Crippen LogP) is 7.72. The van der Waals surface area contributed by atoms with Crippen LogP contribution in [0.25, 0.3) is 0 Å². The van der Waals surface area contributed by atoms with Gasteiger partial charge in [-0.25, -0.2) is 0 Å². The summed E-state index contributed by atoms with van der Waals surface area (Å²) >= 11 is 2.69. The van der Waals surface area contributed by atoms with Gasteiger partial charge in [-0.05, 0) is 24.3 Å². The number of nitrogens with one attached hydrogen (secondary N) is 1. The first-order chi connectivity index (χ1) is 13.0. The molecule has 0 saturated carbocycles. The molecule has 0 aliphatic rings. The van der Waals surface area contributed by atoms with Crippen LogP contribution >= 0.6 is 23.2 Å². The fourth-order valence-electron chi connectivity index (χ4n) is 1.76. The van der Waals surface area contributed by atoms with Crippen LogP contribution in [0.15, 0.2) is 28.7 Å². The van der Waals surface area contributed by atoms with Crippen molar-refractivity contribution in [1.82, 2.24) is 0 Å². The number of anilines is 1. The highest BCUT2D eigenvalue weighted by Gasteiger charge is 2.90. The van der Waals surface area contributed by atoms with Crippen molar-refractivity contribution < 1.29 is 66.0 Å². The largest absolute Gasteiger partial charge is 0.460 e. The quantitative estimate of drug-likeness (QED) is 0.287. The number of rotatable bonds is 6. The first kappa shape index (κ1) is 26.8. The lowest BCUT2D eigenvalue weighted by Crippen LogP contribution is -2.60. The van der Waals surface area contributed by atoms with Crippen molar-refractivity contribution in [3.8, 4) is 0 Å². The van der Waals surface area contributed by atoms with Gasteiger partial charge in [-0.15, -0.1) is 0 Å². The summed E-state index contributed by atoms with van der Waals surface area (Å²) in [5, 5.41) is 0.194. The number of hydrogen-bond acceptors (Lipinski definition) is 1. The van der Waals surface area contributed by atoms with Gasteiger partial charge in [-0.1, -0.05) is 15.9 Å². The SMILES string of the molecule is O=P(Nc1ccc(Br)cc1)(C(F)(F)C(F)(F)C(F)(F)F)C(F)(F)C(F)(F)C(F)(F)F. The molecule has 18 heteroatoms. The fraction of sp³-hybridized carbons (Fsp3) is 0.500. The Kier molecular flexibility index (Phi) is 6.62. The Morgan fingerprint density at radius 1 is 0.633 bits per heavy atom. The summed E-state index contributed by atoms with van der Waals surface area (Å²) in [5.74, 6) is -15.4. The van der Waals surface area contributed by atoms with E-state index < -0.39 is 48.5 Å². The van der Waals surface area contributed by atoms with Crippen molar-refractivity contribution in [2.24, 2.45) is 0 Å². The van der Waals surface area contributed by atoms with E-state index in [-0.39, 0.29) is 9.56 Å². The minimum atomic E-state index is -8.67. The highest BCUT2D eigenvalue weighted by atomic mass is 79.9. The molecular weight excluding hydrogens is 551 g/mol. The van der Waals surface area contributed by atoms with Crippen LogP contribution in [-0.4, -0.2) is 35.5 Å². The van der Waals surface area contributed by atoms with Crippen LogP contribution in [-0.2, 0) is 4.57 Å². The van der Waals surface area contributed by atoms with Crippen molar-refractivity contribution in [2.45, 2.75) is 35.5 Å². The molecule has 1 aromatic rings. The smallest absolute Gasteiger partial charge is 0.327 e. The van der Waals surface area contributed by atoms with Crippen LogP contribution in [0.3, 0.4) is 0 Å². The van der Waals surface area contributed by atoms with Gasteiger partial charge in [0.25, 0.3) is 0 Å². The summed E-state index contributed by atoms with van der Waals surface area (Å²) in [6.45, 7) is 0. The lowest BCUT2D eigenvalue weighted by atomic mass is 10.3. The highest BCUT2D eigenvalue weighted by Crippen LogP contribution is 2.78. The molecule has 1 aromatic carbocycles. The summed E-state index contributed by atoms with van der Waals surface area (Å²) in [6, 6.07) is 2.01. The maximum absolute atomic E-state index is 13.9. The van der Waals surface area contributed by atoms with E-state index in [1.807, 2.05) is 0 Å². The standard InChI is InChI=1S/C12H5BrF14NOP/c13-5-1-3-6(4-2-5)28-30(29,11(24,25)7(14,15)9(18,19)20)12(26,27)8(16,17)10(21,22)23/h1-4H,(H,28,29). The molecule has 30 heavy (non-hydrogen) atoms. The molecule has 0 bridgehead atoms. The second-order valence-electron chi connectivity index (χ2n) is 5.45. The number of hydrogen-bond donors (Lipinski definition) is 1. The van der Waals surface area contributed by atoms with Gasteiger partial charge in [0.15, 0.2) is 0 Å². The Hall–Kier alpha value is -1.25. The second kappa shape index (κ2) is 7.41. The Morgan fingerprint density at radius 3 is 1.20 bits per heavy atom. The molecule has 174 valence electrons. The summed E-state index contributed by atoms with van der Waals surface area (Å²) in [6.07, 6.45) is -14.9. The van der Waals surface area contributed by atoms with Crippen molar-refractivity contribution >= 4 is 28.9 Å². The molecule has 2 nitrogen and oxygen atoms in total. The van der Waals surface area contributed by atoms with Gasteiger partial charge in [0, 0.05) is 10.2 Å². The molecule has 0 saturated heterocycles. The third-order valence-electron chi connectivity index (χ3n) is 3.39. The zero-order valence-electron chi connectivity index (χ0n) is 13.3. The van der Waals surface area contributed by atoms with Gasteiger partial charge < -0.3 is 5.09 Å². The van der Waals surface area contributed by atoms with Gasteiger partial charge in [0.05, 0.1) is 0 Å². The van der Waals surface area contributed by atoms with E-state index in [0.29, 0.717) is 24.3 Å². The van der Waals surface area contributed by atoms with Gasteiger partial charge in [0.2, 0.25) is 0 Å². The molecule has 0 aliphatic heterocycles.